The number of hydrogen-bond acceptors (Lipinski definition) is 4. The van der Waals surface area contributed by atoms with Gasteiger partial charge in [0, 0.05) is 5.56 Å². The Morgan fingerprint density at radius 3 is 2.57 bits per heavy atom. The van der Waals surface area contributed by atoms with Crippen molar-refractivity contribution in [2.45, 2.75) is 19.2 Å². The van der Waals surface area contributed by atoms with Crippen LogP contribution in [0.15, 0.2) is 18.2 Å². The number of nitrogens with one attached hydrogen (secondary N) is 1. The molecule has 1 amide bonds. The van der Waals surface area contributed by atoms with E-state index in [1.54, 1.807) is 6.92 Å². The van der Waals surface area contributed by atoms with Crippen LogP contribution in [0.2, 0.25) is 0 Å². The number of methoxy groups -OCH3 is 1. The fraction of sp³-hybridized carbons (Fsp3) is 0.462. The van der Waals surface area contributed by atoms with Crippen molar-refractivity contribution in [2.24, 2.45) is 0 Å². The number of alkyl halides is 3. The third kappa shape index (κ3) is 4.82. The average molecular weight is 307 g/mol. The molecule has 0 saturated carbocycles. The lowest BCUT2D eigenvalue weighted by atomic mass is 10.2. The molecule has 0 spiro atoms. The van der Waals surface area contributed by atoms with E-state index in [9.17, 15) is 18.0 Å². The highest BCUT2D eigenvalue weighted by Gasteiger charge is 2.38. The summed E-state index contributed by atoms with van der Waals surface area (Å²) in [5.41, 5.74) is 0.102. The van der Waals surface area contributed by atoms with Gasteiger partial charge < -0.3 is 19.9 Å². The molecule has 1 atom stereocenters. The number of carbonyl (C=O) groups is 1. The van der Waals surface area contributed by atoms with Crippen LogP contribution in [0.5, 0.6) is 11.5 Å². The summed E-state index contributed by atoms with van der Waals surface area (Å²) >= 11 is 0. The van der Waals surface area contributed by atoms with E-state index in [1.807, 2.05) is 5.32 Å². The number of aliphatic hydroxyl groups is 1. The quantitative estimate of drug-likeness (QED) is 0.840. The van der Waals surface area contributed by atoms with E-state index in [1.165, 1.54) is 25.3 Å². The molecule has 0 aliphatic heterocycles. The molecule has 118 valence electrons. The van der Waals surface area contributed by atoms with Crippen molar-refractivity contribution in [1.82, 2.24) is 5.32 Å². The van der Waals surface area contributed by atoms with Gasteiger partial charge in [0.1, 0.15) is 0 Å². The number of halogens is 3. The number of rotatable bonds is 6. The number of amides is 1. The minimum Gasteiger partial charge on any atom is -0.493 e. The lowest BCUT2D eigenvalue weighted by Crippen LogP contribution is -2.40. The molecule has 1 unspecified atom stereocenters. The zero-order chi connectivity index (χ0) is 16.0. The van der Waals surface area contributed by atoms with Gasteiger partial charge in [0.05, 0.1) is 20.3 Å². The summed E-state index contributed by atoms with van der Waals surface area (Å²) in [5.74, 6) is -0.0348. The molecule has 0 bridgehead atoms. The lowest BCUT2D eigenvalue weighted by molar-refractivity contribution is -0.201. The van der Waals surface area contributed by atoms with Gasteiger partial charge in [0.25, 0.3) is 5.91 Å². The first-order valence-electron chi connectivity index (χ1n) is 6.13. The zero-order valence-corrected chi connectivity index (χ0v) is 11.5. The van der Waals surface area contributed by atoms with Gasteiger partial charge in [-0.2, -0.15) is 13.2 Å². The van der Waals surface area contributed by atoms with Crippen LogP contribution >= 0.6 is 0 Å². The van der Waals surface area contributed by atoms with Gasteiger partial charge >= 0.3 is 6.18 Å². The summed E-state index contributed by atoms with van der Waals surface area (Å²) in [6.45, 7) is 1.26. The van der Waals surface area contributed by atoms with Crippen molar-refractivity contribution < 1.29 is 32.5 Å². The van der Waals surface area contributed by atoms with Crippen molar-refractivity contribution in [1.29, 1.82) is 0 Å². The summed E-state index contributed by atoms with van der Waals surface area (Å²) in [5, 5.41) is 10.8. The maximum atomic E-state index is 12.1. The molecule has 1 rings (SSSR count). The first-order valence-corrected chi connectivity index (χ1v) is 6.13. The van der Waals surface area contributed by atoms with Crippen LogP contribution in [0.25, 0.3) is 0 Å². The molecule has 0 heterocycles. The third-order valence-corrected chi connectivity index (χ3v) is 2.56. The number of benzene rings is 1. The number of hydrogen-bond donors (Lipinski definition) is 2. The van der Waals surface area contributed by atoms with Crippen LogP contribution in [-0.2, 0) is 0 Å². The third-order valence-electron chi connectivity index (χ3n) is 2.56. The second-order valence-corrected chi connectivity index (χ2v) is 4.07. The number of aliphatic hydroxyl groups excluding tert-OH is 1. The fourth-order valence-corrected chi connectivity index (χ4v) is 1.49. The normalized spacial score (nSPS) is 12.7. The maximum Gasteiger partial charge on any atom is 0.416 e. The van der Waals surface area contributed by atoms with E-state index in [-0.39, 0.29) is 5.56 Å². The number of carbonyl (C=O) groups excluding carboxylic acids is 1. The highest BCUT2D eigenvalue weighted by Crippen LogP contribution is 2.28. The summed E-state index contributed by atoms with van der Waals surface area (Å²) in [4.78, 5) is 11.7. The van der Waals surface area contributed by atoms with Crippen LogP contribution in [0.3, 0.4) is 0 Å². The molecule has 0 aromatic heterocycles. The van der Waals surface area contributed by atoms with Crippen molar-refractivity contribution in [2.75, 3.05) is 20.3 Å². The molecule has 0 aliphatic rings. The Labute approximate surface area is 119 Å². The second kappa shape index (κ2) is 7.16. The van der Waals surface area contributed by atoms with E-state index in [0.29, 0.717) is 18.1 Å². The maximum absolute atomic E-state index is 12.1. The van der Waals surface area contributed by atoms with Crippen molar-refractivity contribution in [3.8, 4) is 11.5 Å². The fourth-order valence-electron chi connectivity index (χ4n) is 1.49. The molecule has 2 N–H and O–H groups in total. The van der Waals surface area contributed by atoms with Crippen molar-refractivity contribution in [3.63, 3.8) is 0 Å². The summed E-state index contributed by atoms with van der Waals surface area (Å²) < 4.78 is 46.7. The van der Waals surface area contributed by atoms with E-state index >= 15 is 0 Å². The minimum absolute atomic E-state index is 0.102. The van der Waals surface area contributed by atoms with Crippen molar-refractivity contribution >= 4 is 5.91 Å². The molecular formula is C13H16F3NO4. The van der Waals surface area contributed by atoms with Gasteiger partial charge in [0.2, 0.25) is 0 Å². The molecule has 0 aliphatic carbocycles. The Balaban J connectivity index is 2.75. The molecule has 0 fully saturated rings. The summed E-state index contributed by atoms with van der Waals surface area (Å²) in [6, 6.07) is 4.22. The van der Waals surface area contributed by atoms with Crippen LogP contribution in [0.1, 0.15) is 17.3 Å². The minimum atomic E-state index is -4.77. The predicted molar refractivity (Wildman–Crippen MR) is 68.6 cm³/mol. The molecule has 8 heteroatoms. The van der Waals surface area contributed by atoms with Gasteiger partial charge in [-0.25, -0.2) is 0 Å². The van der Waals surface area contributed by atoms with Gasteiger partial charge in [-0.05, 0) is 25.1 Å². The van der Waals surface area contributed by atoms with Crippen LogP contribution in [0, 0.1) is 0 Å². The predicted octanol–water partition coefficient (Wildman–Crippen LogP) is 1.75. The molecule has 21 heavy (non-hydrogen) atoms. The monoisotopic (exact) mass is 307 g/mol. The summed E-state index contributed by atoms with van der Waals surface area (Å²) in [6.07, 6.45) is -7.38. The van der Waals surface area contributed by atoms with E-state index in [0.717, 1.165) is 0 Å². The van der Waals surface area contributed by atoms with Gasteiger partial charge in [-0.3, -0.25) is 4.79 Å². The molecule has 1 aromatic carbocycles. The molecule has 0 radical (unpaired) electrons. The Morgan fingerprint density at radius 1 is 1.38 bits per heavy atom. The van der Waals surface area contributed by atoms with Gasteiger partial charge in [-0.15, -0.1) is 0 Å². The second-order valence-electron chi connectivity index (χ2n) is 4.07. The highest BCUT2D eigenvalue weighted by molar-refractivity contribution is 5.94. The van der Waals surface area contributed by atoms with Gasteiger partial charge in [-0.1, -0.05) is 0 Å². The standard InChI is InChI=1S/C13H16F3NO4/c1-3-21-9-5-4-8(6-10(9)20-2)12(19)17-7-11(18)13(14,15)16/h4-6,11,18H,3,7H2,1-2H3,(H,17,19). The van der Waals surface area contributed by atoms with Gasteiger partial charge in [0.15, 0.2) is 17.6 Å². The molecule has 0 saturated heterocycles. The molecule has 1 aromatic rings. The Hall–Kier alpha value is -1.96. The van der Waals surface area contributed by atoms with E-state index in [2.05, 4.69) is 0 Å². The van der Waals surface area contributed by atoms with E-state index < -0.39 is 24.7 Å². The largest absolute Gasteiger partial charge is 0.493 e. The van der Waals surface area contributed by atoms with Crippen LogP contribution < -0.4 is 14.8 Å². The first-order chi connectivity index (χ1) is 9.79. The smallest absolute Gasteiger partial charge is 0.416 e. The lowest BCUT2D eigenvalue weighted by Gasteiger charge is -2.15. The Kier molecular flexibility index (Phi) is 5.83. The van der Waals surface area contributed by atoms with Crippen molar-refractivity contribution in [3.05, 3.63) is 23.8 Å². The van der Waals surface area contributed by atoms with Crippen LogP contribution in [0.4, 0.5) is 13.2 Å². The van der Waals surface area contributed by atoms with Crippen LogP contribution in [-0.4, -0.2) is 43.6 Å². The Morgan fingerprint density at radius 2 is 2.05 bits per heavy atom. The SMILES string of the molecule is CCOc1ccc(C(=O)NCC(O)C(F)(F)F)cc1OC. The highest BCUT2D eigenvalue weighted by atomic mass is 19.4. The average Bonchev–Trinajstić information content (AvgIpc) is 2.44. The molecule has 5 nitrogen and oxygen atoms in total. The van der Waals surface area contributed by atoms with E-state index in [4.69, 9.17) is 14.6 Å². The first kappa shape index (κ1) is 17.1. The number of ether oxygens (including phenoxy) is 2. The topological polar surface area (TPSA) is 67.8 Å². The summed E-state index contributed by atoms with van der Waals surface area (Å²) in [7, 11) is 1.38. The molecular weight excluding hydrogens is 291 g/mol. The zero-order valence-electron chi connectivity index (χ0n) is 11.5. The Bertz CT molecular complexity index is 491.